The number of rotatable bonds is 12. The quantitative estimate of drug-likeness (QED) is 0.121. The molecule has 8 aliphatic rings. The van der Waals surface area contributed by atoms with Gasteiger partial charge in [0.25, 0.3) is 0 Å². The van der Waals surface area contributed by atoms with E-state index in [0.717, 1.165) is 5.57 Å². The van der Waals surface area contributed by atoms with Gasteiger partial charge in [0.15, 0.2) is 30.9 Å². The first-order valence-corrected chi connectivity index (χ1v) is 24.8. The number of aliphatic hydroxyl groups is 6. The summed E-state index contributed by atoms with van der Waals surface area (Å²) in [5, 5.41) is 70.1. The van der Waals surface area contributed by atoms with Gasteiger partial charge in [-0.25, -0.2) is 0 Å². The number of hydrogen-bond donors (Lipinski definition) is 6. The number of fused-ring (bicyclic) bond motifs is 5. The molecule has 0 unspecified atom stereocenters. The molecule has 0 radical (unpaired) electrons. The topological polar surface area (TPSA) is 257 Å². The van der Waals surface area contributed by atoms with Gasteiger partial charge in [-0.3, -0.25) is 9.59 Å². The van der Waals surface area contributed by atoms with Gasteiger partial charge in [0.05, 0.1) is 60.4 Å². The Labute approximate surface area is 399 Å². The maximum Gasteiger partial charge on any atom is 0.302 e. The highest BCUT2D eigenvalue weighted by atomic mass is 16.8. The number of ketones is 1. The van der Waals surface area contributed by atoms with Crippen LogP contribution in [0.15, 0.2) is 11.6 Å². The van der Waals surface area contributed by atoms with E-state index in [1.165, 1.54) is 21.0 Å². The van der Waals surface area contributed by atoms with Crippen molar-refractivity contribution < 1.29 is 92.3 Å². The molecule has 0 aromatic carbocycles. The Hall–Kier alpha value is -1.76. The number of ether oxygens (including phenoxy) is 11. The number of esters is 1. The lowest BCUT2D eigenvalue weighted by Crippen LogP contribution is -2.78. The maximum atomic E-state index is 13.0. The van der Waals surface area contributed by atoms with Crippen molar-refractivity contribution in [3.8, 4) is 0 Å². The third-order valence-corrected chi connectivity index (χ3v) is 17.9. The predicted octanol–water partition coefficient (Wildman–Crippen LogP) is 2.23. The molecule has 0 aromatic rings. The zero-order valence-electron chi connectivity index (χ0n) is 41.3. The van der Waals surface area contributed by atoms with Crippen LogP contribution in [0.25, 0.3) is 0 Å². The average molecular weight is 971 g/mol. The van der Waals surface area contributed by atoms with Gasteiger partial charge in [-0.15, -0.1) is 0 Å². The fourth-order valence-corrected chi connectivity index (χ4v) is 13.9. The third-order valence-electron chi connectivity index (χ3n) is 17.9. The van der Waals surface area contributed by atoms with Gasteiger partial charge in [0.1, 0.15) is 47.3 Å². The van der Waals surface area contributed by atoms with E-state index in [0.29, 0.717) is 32.1 Å². The normalized spacial score (nSPS) is 52.8. The molecule has 0 aromatic heterocycles. The summed E-state index contributed by atoms with van der Waals surface area (Å²) in [6.45, 7) is 13.4. The van der Waals surface area contributed by atoms with Gasteiger partial charge in [-0.1, -0.05) is 18.6 Å². The van der Waals surface area contributed by atoms with E-state index >= 15 is 0 Å². The molecular formula is C49H78O19. The van der Waals surface area contributed by atoms with E-state index in [4.69, 9.17) is 52.1 Å². The molecule has 68 heavy (non-hydrogen) atoms. The Balaban J connectivity index is 0.846. The average Bonchev–Trinajstić information content (AvgIpc) is 3.50. The van der Waals surface area contributed by atoms with Crippen molar-refractivity contribution in [2.45, 2.75) is 253 Å². The van der Waals surface area contributed by atoms with Gasteiger partial charge in [0, 0.05) is 52.7 Å². The van der Waals surface area contributed by atoms with Crippen molar-refractivity contribution in [3.05, 3.63) is 11.6 Å². The van der Waals surface area contributed by atoms with E-state index in [1.54, 1.807) is 34.8 Å². The van der Waals surface area contributed by atoms with Crippen molar-refractivity contribution >= 4 is 11.8 Å². The lowest BCUT2D eigenvalue weighted by atomic mass is 9.42. The van der Waals surface area contributed by atoms with Crippen LogP contribution in [-0.2, 0) is 61.7 Å². The first kappa shape index (κ1) is 52.6. The van der Waals surface area contributed by atoms with Gasteiger partial charge in [-0.2, -0.15) is 0 Å². The summed E-state index contributed by atoms with van der Waals surface area (Å²) in [5.41, 5.74) is -6.79. The van der Waals surface area contributed by atoms with Crippen molar-refractivity contribution in [2.75, 3.05) is 14.2 Å². The first-order valence-electron chi connectivity index (χ1n) is 24.8. The first-order chi connectivity index (χ1) is 31.9. The second-order valence-electron chi connectivity index (χ2n) is 21.6. The summed E-state index contributed by atoms with van der Waals surface area (Å²) in [6, 6.07) is 0. The molecule has 19 nitrogen and oxygen atoms in total. The molecule has 4 aliphatic heterocycles. The van der Waals surface area contributed by atoms with Crippen molar-refractivity contribution in [2.24, 2.45) is 16.7 Å². The van der Waals surface area contributed by atoms with Crippen LogP contribution in [0, 0.1) is 16.7 Å². The van der Waals surface area contributed by atoms with Crippen LogP contribution in [0.5, 0.6) is 0 Å². The minimum Gasteiger partial charge on any atom is -0.462 e. The molecule has 6 N–H and O–H groups in total. The van der Waals surface area contributed by atoms with E-state index < -0.39 is 150 Å². The molecule has 4 aliphatic carbocycles. The molecule has 19 heteroatoms. The summed E-state index contributed by atoms with van der Waals surface area (Å²) in [7, 11) is 3.12. The minimum absolute atomic E-state index is 0.0279. The van der Waals surface area contributed by atoms with Crippen LogP contribution in [0.3, 0.4) is 0 Å². The van der Waals surface area contributed by atoms with Crippen molar-refractivity contribution in [1.29, 1.82) is 0 Å². The Kier molecular flexibility index (Phi) is 15.1. The number of Topliss-reactive ketones (excluding diaryl/α,β-unsaturated/α-hetero) is 1. The molecular weight excluding hydrogens is 893 g/mol. The SMILES string of the molecule is CO[C@H]1C[C@H](O[C@H]2CC[C@@]3(C)C(=CC[C@]4(O)[C@@H]3C[C@@H](OC(C)=O)[C@@]3(C)[C@]4(O)CC[C@@]3(O)C(C)=O)C2)O[C@H](C)[C@H]1O[C@H]1C[C@H](O)[C@H](O[C@H]2C[C@H](O)[C@H](O[C@H]3C[C@@H](OC)[C@H](O)[C@@H](C)O3)[C@@H](C)O2)[C@@H](C)O1. The number of methoxy groups -OCH3 is 2. The van der Waals surface area contributed by atoms with Gasteiger partial charge in [0.2, 0.25) is 0 Å². The number of carbonyl (C=O) groups excluding carboxylic acids is 2. The van der Waals surface area contributed by atoms with E-state index in [9.17, 15) is 40.2 Å². The largest absolute Gasteiger partial charge is 0.462 e. The zero-order valence-corrected chi connectivity index (χ0v) is 41.3. The number of carbonyl (C=O) groups is 2. The molecule has 7 fully saturated rings. The minimum atomic E-state index is -1.99. The lowest BCUT2D eigenvalue weighted by molar-refractivity contribution is -0.345. The number of aliphatic hydroxyl groups excluding tert-OH is 3. The summed E-state index contributed by atoms with van der Waals surface area (Å²) in [5.74, 6) is -1.67. The fraction of sp³-hybridized carbons (Fsp3) is 0.918. The Morgan fingerprint density at radius 3 is 1.72 bits per heavy atom. The summed E-state index contributed by atoms with van der Waals surface area (Å²) in [6.07, 6.45) is -7.44. The lowest BCUT2D eigenvalue weighted by Gasteiger charge is -2.67. The van der Waals surface area contributed by atoms with E-state index in [1.807, 2.05) is 13.0 Å². The maximum absolute atomic E-state index is 13.0. The smallest absolute Gasteiger partial charge is 0.302 e. The van der Waals surface area contributed by atoms with Crippen molar-refractivity contribution in [1.82, 2.24) is 0 Å². The van der Waals surface area contributed by atoms with Gasteiger partial charge >= 0.3 is 5.97 Å². The number of hydrogen-bond acceptors (Lipinski definition) is 19. The Morgan fingerprint density at radius 1 is 0.662 bits per heavy atom. The molecule has 0 spiro atoms. The monoisotopic (exact) mass is 971 g/mol. The highest BCUT2D eigenvalue weighted by Gasteiger charge is 2.81. The molecule has 0 amide bonds. The van der Waals surface area contributed by atoms with Crippen LogP contribution in [0.2, 0.25) is 0 Å². The third kappa shape index (κ3) is 8.86. The second kappa shape index (κ2) is 19.6. The molecule has 388 valence electrons. The molecule has 0 bridgehead atoms. The van der Waals surface area contributed by atoms with E-state index in [-0.39, 0.29) is 44.6 Å². The van der Waals surface area contributed by atoms with Crippen LogP contribution in [0.1, 0.15) is 126 Å². The van der Waals surface area contributed by atoms with Crippen LogP contribution >= 0.6 is 0 Å². The highest BCUT2D eigenvalue weighted by molar-refractivity contribution is 5.87. The summed E-state index contributed by atoms with van der Waals surface area (Å²) in [4.78, 5) is 25.5. The Morgan fingerprint density at radius 2 is 1.18 bits per heavy atom. The van der Waals surface area contributed by atoms with Crippen LogP contribution in [0.4, 0.5) is 0 Å². The van der Waals surface area contributed by atoms with Crippen LogP contribution in [-0.4, -0.2) is 184 Å². The van der Waals surface area contributed by atoms with Gasteiger partial charge < -0.3 is 82.7 Å². The fourth-order valence-electron chi connectivity index (χ4n) is 13.9. The summed E-state index contributed by atoms with van der Waals surface area (Å²) < 4.78 is 67.4. The molecule has 3 saturated carbocycles. The zero-order chi connectivity index (χ0) is 49.5. The molecule has 24 atom stereocenters. The molecule has 8 rings (SSSR count). The van der Waals surface area contributed by atoms with Crippen molar-refractivity contribution in [3.63, 3.8) is 0 Å². The highest BCUT2D eigenvalue weighted by Crippen LogP contribution is 2.71. The Bertz CT molecular complexity index is 1830. The second-order valence-corrected chi connectivity index (χ2v) is 21.6. The summed E-state index contributed by atoms with van der Waals surface area (Å²) >= 11 is 0. The molecule has 4 saturated heterocycles. The predicted molar refractivity (Wildman–Crippen MR) is 236 cm³/mol. The standard InChI is InChI=1S/C49H78O19/c1-23-41(54)33(58-9)20-40(60-23)67-43-25(3)61-37(18-31(43)52)66-42-24(2)62-38(19-32(42)53)68-44-26(4)63-39(21-34(44)59-10)65-30-12-13-45(7)29(17-30)11-14-48(56)35(45)22-36(64-28(6)51)46(8)47(55,27(5)50)15-16-49(46,48)57/h11,23-26,30-44,52-57H,12-22H2,1-10H3/t23-,24-,25-,26-,30+,31+,32+,33-,34+,35-,36-,37+,38+,39+,40+,41-,42-,43-,44-,45+,46-,47-,48+,49-/m1/s1. The molecule has 4 heterocycles. The van der Waals surface area contributed by atoms with E-state index in [2.05, 4.69) is 6.92 Å². The van der Waals surface area contributed by atoms with Crippen LogP contribution < -0.4 is 0 Å². The van der Waals surface area contributed by atoms with Gasteiger partial charge in [-0.05, 0) is 91.9 Å².